The Morgan fingerprint density at radius 2 is 2.17 bits per heavy atom. The second-order valence-corrected chi connectivity index (χ2v) is 3.56. The molecule has 0 amide bonds. The zero-order valence-electron chi connectivity index (χ0n) is 7.00. The molecule has 1 rings (SSSR count). The largest absolute Gasteiger partial charge is 0.386 e. The number of pyridine rings is 1. The summed E-state index contributed by atoms with van der Waals surface area (Å²) in [4.78, 5) is 3.84. The number of rotatable bonds is 1. The van der Waals surface area contributed by atoms with Crippen molar-refractivity contribution in [3.63, 3.8) is 0 Å². The Kier molecular flexibility index (Phi) is 2.26. The van der Waals surface area contributed by atoms with Crippen molar-refractivity contribution < 1.29 is 5.11 Å². The van der Waals surface area contributed by atoms with Crippen LogP contribution >= 0.6 is 11.6 Å². The highest BCUT2D eigenvalue weighted by atomic mass is 35.5. The lowest BCUT2D eigenvalue weighted by Crippen LogP contribution is -2.16. The first kappa shape index (κ1) is 9.29. The highest BCUT2D eigenvalue weighted by molar-refractivity contribution is 6.31. The highest BCUT2D eigenvalue weighted by Gasteiger charge is 2.19. The second kappa shape index (κ2) is 2.92. The summed E-state index contributed by atoms with van der Waals surface area (Å²) in [5, 5.41) is 10.0. The molecule has 1 aromatic rings. The van der Waals surface area contributed by atoms with Gasteiger partial charge in [0, 0.05) is 11.8 Å². The third-order valence-electron chi connectivity index (χ3n) is 1.53. The second-order valence-electron chi connectivity index (χ2n) is 3.15. The third-order valence-corrected chi connectivity index (χ3v) is 1.85. The van der Waals surface area contributed by atoms with Crippen molar-refractivity contribution in [2.75, 3.05) is 5.73 Å². The topological polar surface area (TPSA) is 59.1 Å². The molecule has 0 bridgehead atoms. The fourth-order valence-electron chi connectivity index (χ4n) is 0.896. The number of aliphatic hydroxyl groups is 1. The lowest BCUT2D eigenvalue weighted by molar-refractivity contribution is 0.0784. The van der Waals surface area contributed by atoms with Crippen LogP contribution in [-0.4, -0.2) is 10.1 Å². The predicted octanol–water partition coefficient (Wildman–Crippen LogP) is 1.54. The van der Waals surface area contributed by atoms with Gasteiger partial charge in [-0.15, -0.1) is 0 Å². The van der Waals surface area contributed by atoms with E-state index in [-0.39, 0.29) is 0 Å². The van der Waals surface area contributed by atoms with E-state index < -0.39 is 5.60 Å². The monoisotopic (exact) mass is 186 g/mol. The molecule has 0 aliphatic rings. The molecule has 0 aromatic carbocycles. The fourth-order valence-corrected chi connectivity index (χ4v) is 1.29. The highest BCUT2D eigenvalue weighted by Crippen LogP contribution is 2.27. The first-order valence-corrected chi connectivity index (χ1v) is 3.93. The molecule has 3 N–H and O–H groups in total. The van der Waals surface area contributed by atoms with Crippen molar-refractivity contribution in [2.45, 2.75) is 19.4 Å². The number of aromatic nitrogens is 1. The van der Waals surface area contributed by atoms with Gasteiger partial charge in [-0.2, -0.15) is 0 Å². The van der Waals surface area contributed by atoms with Gasteiger partial charge in [-0.25, -0.2) is 4.98 Å². The van der Waals surface area contributed by atoms with Crippen LogP contribution in [0.1, 0.15) is 19.4 Å². The van der Waals surface area contributed by atoms with E-state index in [0.29, 0.717) is 16.4 Å². The third kappa shape index (κ3) is 1.87. The van der Waals surface area contributed by atoms with Crippen LogP contribution in [0.5, 0.6) is 0 Å². The molecule has 0 aliphatic carbocycles. The number of anilines is 1. The standard InChI is InChI=1S/C8H11ClN2O/c1-8(2,12)5-4-11-7(10)3-6(5)9/h3-4,12H,1-2H3,(H2,10,11). The van der Waals surface area contributed by atoms with E-state index in [1.807, 2.05) is 0 Å². The minimum atomic E-state index is -0.974. The van der Waals surface area contributed by atoms with Gasteiger partial charge in [0.05, 0.1) is 10.6 Å². The van der Waals surface area contributed by atoms with E-state index in [1.54, 1.807) is 13.8 Å². The SMILES string of the molecule is CC(C)(O)c1cnc(N)cc1Cl. The van der Waals surface area contributed by atoms with Crippen molar-refractivity contribution in [3.05, 3.63) is 22.8 Å². The minimum absolute atomic E-state index is 0.355. The van der Waals surface area contributed by atoms with Crippen molar-refractivity contribution in [1.29, 1.82) is 0 Å². The molecule has 3 nitrogen and oxygen atoms in total. The molecule has 0 radical (unpaired) electrons. The Morgan fingerprint density at radius 1 is 1.58 bits per heavy atom. The van der Waals surface area contributed by atoms with E-state index in [9.17, 15) is 5.11 Å². The number of hydrogen-bond acceptors (Lipinski definition) is 3. The van der Waals surface area contributed by atoms with Gasteiger partial charge in [0.2, 0.25) is 0 Å². The zero-order valence-corrected chi connectivity index (χ0v) is 7.76. The van der Waals surface area contributed by atoms with E-state index >= 15 is 0 Å². The van der Waals surface area contributed by atoms with Crippen LogP contribution in [0, 0.1) is 0 Å². The molecule has 4 heteroatoms. The van der Waals surface area contributed by atoms with E-state index in [1.165, 1.54) is 12.3 Å². The van der Waals surface area contributed by atoms with Gasteiger partial charge in [-0.3, -0.25) is 0 Å². The molecule has 66 valence electrons. The Hall–Kier alpha value is -0.800. The summed E-state index contributed by atoms with van der Waals surface area (Å²) < 4.78 is 0. The molecule has 1 aromatic heterocycles. The first-order chi connectivity index (χ1) is 5.41. The smallest absolute Gasteiger partial charge is 0.124 e. The minimum Gasteiger partial charge on any atom is -0.386 e. The van der Waals surface area contributed by atoms with Crippen LogP contribution in [0.4, 0.5) is 5.82 Å². The van der Waals surface area contributed by atoms with Crippen LogP contribution in [0.3, 0.4) is 0 Å². The summed E-state index contributed by atoms with van der Waals surface area (Å²) in [5.74, 6) is 0.355. The van der Waals surface area contributed by atoms with Crippen LogP contribution in [-0.2, 0) is 5.60 Å². The summed E-state index contributed by atoms with van der Waals surface area (Å²) in [6, 6.07) is 1.52. The molecule has 1 heterocycles. The summed E-state index contributed by atoms with van der Waals surface area (Å²) >= 11 is 5.83. The summed E-state index contributed by atoms with van der Waals surface area (Å²) in [5.41, 5.74) is 5.00. The summed E-state index contributed by atoms with van der Waals surface area (Å²) in [6.07, 6.45) is 1.48. The van der Waals surface area contributed by atoms with Gasteiger partial charge in [-0.1, -0.05) is 11.6 Å². The number of nitrogen functional groups attached to an aromatic ring is 1. The van der Waals surface area contributed by atoms with Gasteiger partial charge in [0.1, 0.15) is 5.82 Å². The lowest BCUT2D eigenvalue weighted by atomic mass is 10.0. The van der Waals surface area contributed by atoms with Crippen LogP contribution in [0.25, 0.3) is 0 Å². The Labute approximate surface area is 76.2 Å². The average molecular weight is 187 g/mol. The van der Waals surface area contributed by atoms with Crippen molar-refractivity contribution in [2.24, 2.45) is 0 Å². The van der Waals surface area contributed by atoms with E-state index in [2.05, 4.69) is 4.98 Å². The van der Waals surface area contributed by atoms with Gasteiger partial charge in [-0.05, 0) is 19.9 Å². The van der Waals surface area contributed by atoms with Crippen molar-refractivity contribution in [1.82, 2.24) is 4.98 Å². The maximum atomic E-state index is 9.60. The van der Waals surface area contributed by atoms with Gasteiger partial charge in [0.15, 0.2) is 0 Å². The normalized spacial score (nSPS) is 11.7. The zero-order chi connectivity index (χ0) is 9.35. The molecule has 12 heavy (non-hydrogen) atoms. The quantitative estimate of drug-likeness (QED) is 0.700. The molecule has 0 atom stereocenters. The van der Waals surface area contributed by atoms with Crippen molar-refractivity contribution >= 4 is 17.4 Å². The molecule has 0 fully saturated rings. The Morgan fingerprint density at radius 3 is 2.58 bits per heavy atom. The van der Waals surface area contributed by atoms with Gasteiger partial charge >= 0.3 is 0 Å². The molecule has 0 saturated heterocycles. The molecule has 0 unspecified atom stereocenters. The summed E-state index contributed by atoms with van der Waals surface area (Å²) in [7, 11) is 0. The fraction of sp³-hybridized carbons (Fsp3) is 0.375. The average Bonchev–Trinajstić information content (AvgIpc) is 1.83. The van der Waals surface area contributed by atoms with Crippen molar-refractivity contribution in [3.8, 4) is 0 Å². The lowest BCUT2D eigenvalue weighted by Gasteiger charge is -2.18. The maximum Gasteiger partial charge on any atom is 0.124 e. The molecular weight excluding hydrogens is 176 g/mol. The van der Waals surface area contributed by atoms with Crippen LogP contribution in [0.2, 0.25) is 5.02 Å². The van der Waals surface area contributed by atoms with Gasteiger partial charge < -0.3 is 10.8 Å². The number of halogens is 1. The maximum absolute atomic E-state index is 9.60. The molecule has 0 saturated carbocycles. The molecule has 0 spiro atoms. The van der Waals surface area contributed by atoms with Crippen LogP contribution < -0.4 is 5.73 Å². The van der Waals surface area contributed by atoms with E-state index in [4.69, 9.17) is 17.3 Å². The first-order valence-electron chi connectivity index (χ1n) is 3.55. The Balaban J connectivity index is 3.19. The van der Waals surface area contributed by atoms with Crippen LogP contribution in [0.15, 0.2) is 12.3 Å². The number of hydrogen-bond donors (Lipinski definition) is 2. The molecular formula is C8H11ClN2O. The van der Waals surface area contributed by atoms with Gasteiger partial charge in [0.25, 0.3) is 0 Å². The number of nitrogens with zero attached hydrogens (tertiary/aromatic N) is 1. The molecule has 0 aliphatic heterocycles. The number of nitrogens with two attached hydrogens (primary N) is 1. The van der Waals surface area contributed by atoms with E-state index in [0.717, 1.165) is 0 Å². The predicted molar refractivity (Wildman–Crippen MR) is 48.9 cm³/mol. The summed E-state index contributed by atoms with van der Waals surface area (Å²) in [6.45, 7) is 3.29. The Bertz CT molecular complexity index is 294.